The normalized spacial score (nSPS) is 14.6. The molecule has 1 N–H and O–H groups in total. The molecule has 0 spiro atoms. The second-order valence-electron chi connectivity index (χ2n) is 6.78. The maximum Gasteiger partial charge on any atom is 0.258 e. The van der Waals surface area contributed by atoms with Crippen LogP contribution in [0, 0.1) is 0 Å². The molecule has 0 radical (unpaired) electrons. The van der Waals surface area contributed by atoms with Crippen molar-refractivity contribution in [2.45, 2.75) is 0 Å². The van der Waals surface area contributed by atoms with E-state index >= 15 is 0 Å². The Morgan fingerprint density at radius 2 is 1.88 bits per heavy atom. The van der Waals surface area contributed by atoms with Crippen LogP contribution in [0.25, 0.3) is 16.9 Å². The number of hydrogen-bond donors (Lipinski definition) is 1. The average Bonchev–Trinajstić information content (AvgIpc) is 2.68. The van der Waals surface area contributed by atoms with E-state index < -0.39 is 0 Å². The summed E-state index contributed by atoms with van der Waals surface area (Å²) in [6.07, 6.45) is 1.90. The van der Waals surface area contributed by atoms with Crippen molar-refractivity contribution in [1.29, 1.82) is 0 Å². The first-order valence-corrected chi connectivity index (χ1v) is 8.89. The summed E-state index contributed by atoms with van der Waals surface area (Å²) in [6, 6.07) is 13.7. The molecule has 1 aliphatic heterocycles. The van der Waals surface area contributed by atoms with Crippen LogP contribution in [0.3, 0.4) is 0 Å². The van der Waals surface area contributed by atoms with Gasteiger partial charge in [0.25, 0.3) is 5.56 Å². The Morgan fingerprint density at radius 3 is 2.65 bits per heavy atom. The molecule has 2 aromatic heterocycles. The fraction of sp³-hybridized carbons (Fsp3) is 0.300. The smallest absolute Gasteiger partial charge is 0.258 e. The number of nitrogens with one attached hydrogen (secondary N) is 1. The predicted molar refractivity (Wildman–Crippen MR) is 106 cm³/mol. The zero-order valence-electron chi connectivity index (χ0n) is 15.1. The van der Waals surface area contributed by atoms with Crippen LogP contribution in [0.15, 0.2) is 53.5 Å². The lowest BCUT2D eigenvalue weighted by Gasteiger charge is -2.29. The van der Waals surface area contributed by atoms with E-state index in [4.69, 9.17) is 4.98 Å². The van der Waals surface area contributed by atoms with Gasteiger partial charge in [-0.25, -0.2) is 4.98 Å². The summed E-state index contributed by atoms with van der Waals surface area (Å²) in [5.41, 5.74) is 4.40. The first-order valence-electron chi connectivity index (χ1n) is 8.89. The Balaban J connectivity index is 1.75. The first kappa shape index (κ1) is 16.6. The summed E-state index contributed by atoms with van der Waals surface area (Å²) in [5.74, 6) is 0. The van der Waals surface area contributed by atoms with Crippen LogP contribution < -0.4 is 20.7 Å². The number of piperazine rings is 1. The largest absolute Gasteiger partial charge is 0.378 e. The van der Waals surface area contributed by atoms with Crippen LogP contribution in [0.4, 0.5) is 11.4 Å². The summed E-state index contributed by atoms with van der Waals surface area (Å²) in [4.78, 5) is 21.7. The lowest BCUT2D eigenvalue weighted by atomic mass is 10.1. The number of rotatable bonds is 3. The highest BCUT2D eigenvalue weighted by Gasteiger charge is 2.12. The molecule has 3 heterocycles. The molecular weight excluding hydrogens is 326 g/mol. The summed E-state index contributed by atoms with van der Waals surface area (Å²) in [6.45, 7) is 3.82. The van der Waals surface area contributed by atoms with Crippen molar-refractivity contribution in [2.24, 2.45) is 0 Å². The van der Waals surface area contributed by atoms with Gasteiger partial charge in [-0.05, 0) is 24.3 Å². The van der Waals surface area contributed by atoms with Gasteiger partial charge in [-0.1, -0.05) is 12.1 Å². The minimum Gasteiger partial charge on any atom is -0.378 e. The Bertz CT molecular complexity index is 989. The van der Waals surface area contributed by atoms with Gasteiger partial charge in [-0.2, -0.15) is 0 Å². The highest BCUT2D eigenvalue weighted by molar-refractivity contribution is 5.67. The van der Waals surface area contributed by atoms with Crippen molar-refractivity contribution >= 4 is 17.0 Å². The number of fused-ring (bicyclic) bond motifs is 1. The third-order valence-electron chi connectivity index (χ3n) is 4.78. The Hall–Kier alpha value is -2.86. The van der Waals surface area contributed by atoms with Crippen LogP contribution in [-0.4, -0.2) is 49.7 Å². The number of anilines is 2. The number of pyridine rings is 1. The van der Waals surface area contributed by atoms with Gasteiger partial charge in [-0.3, -0.25) is 9.20 Å². The van der Waals surface area contributed by atoms with E-state index in [0.29, 0.717) is 11.3 Å². The predicted octanol–water partition coefficient (Wildman–Crippen LogP) is 1.84. The molecule has 0 atom stereocenters. The number of hydrogen-bond acceptors (Lipinski definition) is 5. The van der Waals surface area contributed by atoms with Crippen molar-refractivity contribution in [1.82, 2.24) is 14.7 Å². The van der Waals surface area contributed by atoms with Crippen LogP contribution >= 0.6 is 0 Å². The fourth-order valence-electron chi connectivity index (χ4n) is 3.29. The third kappa shape index (κ3) is 3.15. The van der Waals surface area contributed by atoms with Gasteiger partial charge in [0, 0.05) is 63.8 Å². The molecule has 1 aliphatic rings. The van der Waals surface area contributed by atoms with Crippen LogP contribution in [0.5, 0.6) is 0 Å². The highest BCUT2D eigenvalue weighted by atomic mass is 16.1. The average molecular weight is 349 g/mol. The topological polar surface area (TPSA) is 52.9 Å². The molecule has 0 saturated carbocycles. The molecule has 134 valence electrons. The lowest BCUT2D eigenvalue weighted by Crippen LogP contribution is -2.43. The molecule has 6 heteroatoms. The van der Waals surface area contributed by atoms with Gasteiger partial charge in [0.2, 0.25) is 0 Å². The first-order chi connectivity index (χ1) is 12.6. The Labute approximate surface area is 152 Å². The van der Waals surface area contributed by atoms with E-state index in [9.17, 15) is 4.79 Å². The zero-order valence-corrected chi connectivity index (χ0v) is 15.1. The van der Waals surface area contributed by atoms with Crippen molar-refractivity contribution < 1.29 is 0 Å². The number of aromatic nitrogens is 2. The van der Waals surface area contributed by atoms with Crippen molar-refractivity contribution in [3.63, 3.8) is 0 Å². The molecule has 3 aromatic rings. The second kappa shape index (κ2) is 6.80. The Morgan fingerprint density at radius 1 is 1.08 bits per heavy atom. The summed E-state index contributed by atoms with van der Waals surface area (Å²) in [7, 11) is 4.00. The molecule has 6 nitrogen and oxygen atoms in total. The fourth-order valence-corrected chi connectivity index (χ4v) is 3.29. The summed E-state index contributed by atoms with van der Waals surface area (Å²) < 4.78 is 1.64. The highest BCUT2D eigenvalue weighted by Crippen LogP contribution is 2.22. The standard InChI is InChI=1S/C20H23N5O/c1-23(2)16-5-3-4-15(12-16)18-13-20(26)25-14-17(6-7-19(25)22-18)24-10-8-21-9-11-24/h3-7,12-14,21H,8-11H2,1-2H3. The van der Waals surface area contributed by atoms with Gasteiger partial charge >= 0.3 is 0 Å². The van der Waals surface area contributed by atoms with Gasteiger partial charge in [0.05, 0.1) is 11.4 Å². The maximum atomic E-state index is 12.7. The zero-order chi connectivity index (χ0) is 18.1. The molecule has 0 amide bonds. The molecule has 0 bridgehead atoms. The third-order valence-corrected chi connectivity index (χ3v) is 4.78. The van der Waals surface area contributed by atoms with Crippen LogP contribution in [0.1, 0.15) is 0 Å². The SMILES string of the molecule is CN(C)c1cccc(-c2cc(=O)n3cc(N4CCNCC4)ccc3n2)c1. The molecule has 1 saturated heterocycles. The van der Waals surface area contributed by atoms with E-state index in [1.54, 1.807) is 10.5 Å². The molecule has 0 aliphatic carbocycles. The summed E-state index contributed by atoms with van der Waals surface area (Å²) >= 11 is 0. The van der Waals surface area contributed by atoms with Crippen molar-refractivity contribution in [3.05, 3.63) is 59.0 Å². The number of nitrogens with zero attached hydrogens (tertiary/aromatic N) is 4. The minimum absolute atomic E-state index is 0.0581. The van der Waals surface area contributed by atoms with E-state index in [0.717, 1.165) is 43.1 Å². The van der Waals surface area contributed by atoms with Gasteiger partial charge in [-0.15, -0.1) is 0 Å². The van der Waals surface area contributed by atoms with Crippen molar-refractivity contribution in [2.75, 3.05) is 50.1 Å². The van der Waals surface area contributed by atoms with Gasteiger partial charge < -0.3 is 15.1 Å². The van der Waals surface area contributed by atoms with Crippen molar-refractivity contribution in [3.8, 4) is 11.3 Å². The monoisotopic (exact) mass is 349 g/mol. The quantitative estimate of drug-likeness (QED) is 0.782. The molecule has 4 rings (SSSR count). The second-order valence-corrected chi connectivity index (χ2v) is 6.78. The molecule has 0 unspecified atom stereocenters. The van der Waals surface area contributed by atoms with E-state index in [1.165, 1.54) is 0 Å². The Kier molecular flexibility index (Phi) is 4.34. The lowest BCUT2D eigenvalue weighted by molar-refractivity contribution is 0.588. The van der Waals surface area contributed by atoms with Gasteiger partial charge in [0.1, 0.15) is 5.65 Å². The van der Waals surface area contributed by atoms with Gasteiger partial charge in [0.15, 0.2) is 0 Å². The molecular formula is C20H23N5O. The van der Waals surface area contributed by atoms with E-state index in [1.807, 2.05) is 61.6 Å². The van der Waals surface area contributed by atoms with Crippen LogP contribution in [0.2, 0.25) is 0 Å². The summed E-state index contributed by atoms with van der Waals surface area (Å²) in [5, 5.41) is 3.35. The van der Waals surface area contributed by atoms with E-state index in [2.05, 4.69) is 10.2 Å². The minimum atomic E-state index is -0.0581. The maximum absolute atomic E-state index is 12.7. The molecule has 26 heavy (non-hydrogen) atoms. The van der Waals surface area contributed by atoms with Crippen LogP contribution in [-0.2, 0) is 0 Å². The van der Waals surface area contributed by atoms with E-state index in [-0.39, 0.29) is 5.56 Å². The number of benzene rings is 1. The molecule has 1 aromatic carbocycles. The molecule has 1 fully saturated rings.